The predicted molar refractivity (Wildman–Crippen MR) is 162 cm³/mol. The molecule has 0 aliphatic heterocycles. The van der Waals surface area contributed by atoms with Crippen LogP contribution in [-0.2, 0) is 0 Å². The predicted octanol–water partition coefficient (Wildman–Crippen LogP) is 7.84. The van der Waals surface area contributed by atoms with Crippen molar-refractivity contribution in [2.45, 2.75) is 0 Å². The van der Waals surface area contributed by atoms with Crippen LogP contribution in [-0.4, -0.2) is 23.8 Å². The van der Waals surface area contributed by atoms with Crippen LogP contribution < -0.4 is 10.2 Å². The van der Waals surface area contributed by atoms with Gasteiger partial charge < -0.3 is 9.30 Å². The lowest BCUT2D eigenvalue weighted by Gasteiger charge is -2.15. The summed E-state index contributed by atoms with van der Waals surface area (Å²) >= 11 is 8.38. The molecular weight excluding hydrogens is 609 g/mol. The summed E-state index contributed by atoms with van der Waals surface area (Å²) in [7, 11) is 1.58. The Labute approximate surface area is 239 Å². The van der Waals surface area contributed by atoms with Crippen molar-refractivity contribution in [1.82, 2.24) is 9.99 Å². The molecule has 7 heteroatoms. The average molecular weight is 632 g/mol. The van der Waals surface area contributed by atoms with Gasteiger partial charge in [0.05, 0.1) is 28.3 Å². The number of amides is 1. The van der Waals surface area contributed by atoms with Gasteiger partial charge in [-0.05, 0) is 82.2 Å². The topological polar surface area (TPSA) is 55.6 Å². The normalized spacial score (nSPS) is 11.0. The highest BCUT2D eigenvalue weighted by molar-refractivity contribution is 14.1. The number of carbonyl (C=O) groups is 1. The first-order chi connectivity index (χ1) is 18.5. The van der Waals surface area contributed by atoms with Crippen molar-refractivity contribution >= 4 is 46.3 Å². The van der Waals surface area contributed by atoms with E-state index in [1.54, 1.807) is 25.5 Å². The second-order valence-corrected chi connectivity index (χ2v) is 10.0. The number of rotatable bonds is 7. The first kappa shape index (κ1) is 25.8. The molecule has 0 spiro atoms. The van der Waals surface area contributed by atoms with Crippen molar-refractivity contribution in [3.05, 3.63) is 129 Å². The molecule has 188 valence electrons. The fourth-order valence-corrected chi connectivity index (χ4v) is 4.91. The Balaban J connectivity index is 1.60. The molecular formula is C31H23ClIN3O2. The van der Waals surface area contributed by atoms with Gasteiger partial charge in [0.1, 0.15) is 5.75 Å². The first-order valence-electron chi connectivity index (χ1n) is 11.8. The molecule has 0 radical (unpaired) electrons. The number of aromatic nitrogens is 1. The molecule has 0 aliphatic rings. The number of hydrogen-bond donors (Lipinski definition) is 1. The number of methoxy groups -OCH3 is 1. The van der Waals surface area contributed by atoms with Crippen LogP contribution in [0.3, 0.4) is 0 Å². The number of nitrogens with one attached hydrogen (secondary N) is 1. The van der Waals surface area contributed by atoms with Gasteiger partial charge in [0, 0.05) is 21.8 Å². The monoisotopic (exact) mass is 631 g/mol. The van der Waals surface area contributed by atoms with Gasteiger partial charge in [-0.15, -0.1) is 0 Å². The van der Waals surface area contributed by atoms with Crippen molar-refractivity contribution in [1.29, 1.82) is 0 Å². The third-order valence-corrected chi connectivity index (χ3v) is 7.16. The largest absolute Gasteiger partial charge is 0.496 e. The van der Waals surface area contributed by atoms with Crippen LogP contribution >= 0.6 is 34.2 Å². The van der Waals surface area contributed by atoms with Crippen LogP contribution in [0.2, 0.25) is 5.02 Å². The summed E-state index contributed by atoms with van der Waals surface area (Å²) < 4.78 is 8.46. The van der Waals surface area contributed by atoms with Gasteiger partial charge >= 0.3 is 0 Å². The van der Waals surface area contributed by atoms with E-state index in [9.17, 15) is 4.79 Å². The highest BCUT2D eigenvalue weighted by atomic mass is 127. The second-order valence-electron chi connectivity index (χ2n) is 8.43. The third-order valence-electron chi connectivity index (χ3n) is 6.01. The number of hydrogen-bond acceptors (Lipinski definition) is 3. The summed E-state index contributed by atoms with van der Waals surface area (Å²) in [6.07, 6.45) is 1.68. The van der Waals surface area contributed by atoms with Gasteiger partial charge in [0.15, 0.2) is 0 Å². The van der Waals surface area contributed by atoms with Crippen LogP contribution in [0.1, 0.15) is 15.9 Å². The summed E-state index contributed by atoms with van der Waals surface area (Å²) in [5.41, 5.74) is 8.93. The minimum atomic E-state index is -0.322. The fraction of sp³-hybridized carbons (Fsp3) is 0.0323. The first-order valence-corrected chi connectivity index (χ1v) is 13.3. The number of nitrogens with zero attached hydrogens (tertiary/aromatic N) is 2. The molecule has 1 amide bonds. The number of benzene rings is 4. The van der Waals surface area contributed by atoms with Crippen LogP contribution in [0.4, 0.5) is 0 Å². The molecule has 5 nitrogen and oxygen atoms in total. The van der Waals surface area contributed by atoms with Crippen LogP contribution in [0, 0.1) is 3.57 Å². The molecule has 0 unspecified atom stereocenters. The third kappa shape index (κ3) is 5.51. The lowest BCUT2D eigenvalue weighted by molar-refractivity contribution is 0.0954. The van der Waals surface area contributed by atoms with Gasteiger partial charge in [0.2, 0.25) is 0 Å². The van der Waals surface area contributed by atoms with Gasteiger partial charge in [0.25, 0.3) is 5.91 Å². The maximum Gasteiger partial charge on any atom is 0.271 e. The van der Waals surface area contributed by atoms with Crippen LogP contribution in [0.25, 0.3) is 28.2 Å². The molecule has 4 aromatic carbocycles. The van der Waals surface area contributed by atoms with Crippen molar-refractivity contribution < 1.29 is 9.53 Å². The van der Waals surface area contributed by atoms with Gasteiger partial charge in [-0.1, -0.05) is 72.3 Å². The minimum Gasteiger partial charge on any atom is -0.496 e. The Bertz CT molecular complexity index is 1600. The molecule has 1 N–H and O–H groups in total. The van der Waals surface area contributed by atoms with E-state index in [-0.39, 0.29) is 5.91 Å². The van der Waals surface area contributed by atoms with Gasteiger partial charge in [-0.25, -0.2) is 5.43 Å². The quantitative estimate of drug-likeness (QED) is 0.113. The summed E-state index contributed by atoms with van der Waals surface area (Å²) in [6, 6.07) is 35.4. The van der Waals surface area contributed by atoms with Gasteiger partial charge in [-0.3, -0.25) is 4.79 Å². The summed E-state index contributed by atoms with van der Waals surface area (Å²) in [6.45, 7) is 0. The van der Waals surface area contributed by atoms with Gasteiger partial charge in [-0.2, -0.15) is 5.10 Å². The Morgan fingerprint density at radius 2 is 1.55 bits per heavy atom. The average Bonchev–Trinajstić information content (AvgIpc) is 3.34. The van der Waals surface area contributed by atoms with E-state index >= 15 is 0 Å². The molecule has 5 aromatic rings. The zero-order valence-corrected chi connectivity index (χ0v) is 23.3. The fourth-order valence-electron chi connectivity index (χ4n) is 4.23. The number of halogens is 2. The van der Waals surface area contributed by atoms with E-state index in [1.807, 2.05) is 66.7 Å². The maximum atomic E-state index is 12.8. The van der Waals surface area contributed by atoms with Crippen molar-refractivity contribution in [3.63, 3.8) is 0 Å². The Hall–Kier alpha value is -3.88. The molecule has 0 saturated carbocycles. The van der Waals surface area contributed by atoms with E-state index in [0.717, 1.165) is 37.3 Å². The molecule has 0 aliphatic carbocycles. The summed E-state index contributed by atoms with van der Waals surface area (Å²) in [4.78, 5) is 12.8. The van der Waals surface area contributed by atoms with E-state index in [1.165, 1.54) is 0 Å². The van der Waals surface area contributed by atoms with Crippen LogP contribution in [0.15, 0.2) is 114 Å². The zero-order chi connectivity index (χ0) is 26.5. The van der Waals surface area contributed by atoms with Crippen molar-refractivity contribution in [3.8, 4) is 34.0 Å². The molecule has 38 heavy (non-hydrogen) atoms. The molecule has 0 bridgehead atoms. The number of hydrazone groups is 1. The standard InChI is InChI=1S/C31H23ClIN3O2/c1-38-29-19-23(12-17-27(29)33)31(37)35-34-20-24-18-28(21-8-4-2-5-9-21)36(26-15-13-25(32)14-16-26)30(24)22-10-6-3-7-11-22/h2-20H,1H3,(H,35,37)/b34-20+. The smallest absolute Gasteiger partial charge is 0.271 e. The lowest BCUT2D eigenvalue weighted by atomic mass is 10.1. The minimum absolute atomic E-state index is 0.322. The molecule has 0 saturated heterocycles. The molecule has 0 fully saturated rings. The molecule has 1 aromatic heterocycles. The summed E-state index contributed by atoms with van der Waals surface area (Å²) in [5.74, 6) is 0.318. The molecule has 0 atom stereocenters. The highest BCUT2D eigenvalue weighted by Gasteiger charge is 2.19. The molecule has 1 heterocycles. The Morgan fingerprint density at radius 1 is 0.895 bits per heavy atom. The zero-order valence-electron chi connectivity index (χ0n) is 20.4. The summed E-state index contributed by atoms with van der Waals surface area (Å²) in [5, 5.41) is 5.00. The van der Waals surface area contributed by atoms with E-state index in [0.29, 0.717) is 16.3 Å². The van der Waals surface area contributed by atoms with Crippen LogP contribution in [0.5, 0.6) is 5.75 Å². The molecule has 5 rings (SSSR count). The van der Waals surface area contributed by atoms with E-state index in [4.69, 9.17) is 16.3 Å². The lowest BCUT2D eigenvalue weighted by Crippen LogP contribution is -2.17. The number of ether oxygens (including phenoxy) is 1. The SMILES string of the molecule is COc1cc(C(=O)N/N=C/c2cc(-c3ccccc3)n(-c3ccc(Cl)cc3)c2-c2ccccc2)ccc1I. The second kappa shape index (κ2) is 11.7. The van der Waals surface area contributed by atoms with Crippen molar-refractivity contribution in [2.75, 3.05) is 7.11 Å². The Kier molecular flexibility index (Phi) is 7.91. The maximum absolute atomic E-state index is 12.8. The van der Waals surface area contributed by atoms with E-state index in [2.05, 4.69) is 68.0 Å². The Morgan fingerprint density at radius 3 is 2.21 bits per heavy atom. The number of carbonyl (C=O) groups excluding carboxylic acids is 1. The highest BCUT2D eigenvalue weighted by Crippen LogP contribution is 2.35. The van der Waals surface area contributed by atoms with E-state index < -0.39 is 0 Å². The van der Waals surface area contributed by atoms with Crippen molar-refractivity contribution in [2.24, 2.45) is 5.10 Å².